The summed E-state index contributed by atoms with van der Waals surface area (Å²) in [6.45, 7) is 2.38. The fourth-order valence-corrected chi connectivity index (χ4v) is 1.57. The van der Waals surface area contributed by atoms with Gasteiger partial charge in [-0.2, -0.15) is 0 Å². The third-order valence-electron chi connectivity index (χ3n) is 2.50. The second-order valence-electron chi connectivity index (χ2n) is 4.24. The summed E-state index contributed by atoms with van der Waals surface area (Å²) in [5.74, 6) is -0.397. The van der Waals surface area contributed by atoms with Gasteiger partial charge in [-0.1, -0.05) is 6.92 Å². The van der Waals surface area contributed by atoms with Gasteiger partial charge in [-0.25, -0.2) is 0 Å². The maximum Gasteiger partial charge on any atom is 0.224 e. The van der Waals surface area contributed by atoms with E-state index in [-0.39, 0.29) is 18.2 Å². The van der Waals surface area contributed by atoms with Crippen LogP contribution in [0.4, 0.5) is 17.1 Å². The predicted octanol–water partition coefficient (Wildman–Crippen LogP) is 1.29. The molecule has 1 rings (SSSR count). The number of nitrogen functional groups attached to an aromatic ring is 1. The van der Waals surface area contributed by atoms with Crippen LogP contribution in [0.3, 0.4) is 0 Å². The van der Waals surface area contributed by atoms with Crippen LogP contribution >= 0.6 is 0 Å². The lowest BCUT2D eigenvalue weighted by molar-refractivity contribution is -0.118. The van der Waals surface area contributed by atoms with E-state index in [4.69, 9.17) is 11.5 Å². The molecule has 0 atom stereocenters. The minimum Gasteiger partial charge on any atom is -0.397 e. The minimum atomic E-state index is -0.366. The Kier molecular flexibility index (Phi) is 5.66. The van der Waals surface area contributed by atoms with Crippen LogP contribution in [0, 0.1) is 0 Å². The third kappa shape index (κ3) is 5.29. The Morgan fingerprint density at radius 2 is 2.00 bits per heavy atom. The molecule has 0 bridgehead atoms. The van der Waals surface area contributed by atoms with E-state index >= 15 is 0 Å². The molecule has 0 aliphatic carbocycles. The van der Waals surface area contributed by atoms with Crippen molar-refractivity contribution in [1.29, 1.82) is 0 Å². The van der Waals surface area contributed by atoms with Crippen molar-refractivity contribution < 1.29 is 9.59 Å². The van der Waals surface area contributed by atoms with Crippen LogP contribution in [0.25, 0.3) is 0 Å². The van der Waals surface area contributed by atoms with Gasteiger partial charge >= 0.3 is 0 Å². The number of nitrogens with one attached hydrogen (secondary N) is 2. The molecule has 0 saturated heterocycles. The van der Waals surface area contributed by atoms with Crippen LogP contribution in [0.1, 0.15) is 26.2 Å². The monoisotopic (exact) mass is 264 g/mol. The first kappa shape index (κ1) is 14.8. The van der Waals surface area contributed by atoms with Gasteiger partial charge in [-0.15, -0.1) is 0 Å². The van der Waals surface area contributed by atoms with E-state index in [9.17, 15) is 9.59 Å². The number of amides is 2. The Hall–Kier alpha value is -2.24. The molecular weight excluding hydrogens is 244 g/mol. The Morgan fingerprint density at radius 1 is 1.26 bits per heavy atom. The van der Waals surface area contributed by atoms with Gasteiger partial charge in [-0.3, -0.25) is 9.59 Å². The Labute approximate surface area is 112 Å². The lowest BCUT2D eigenvalue weighted by Crippen LogP contribution is -2.16. The van der Waals surface area contributed by atoms with Gasteiger partial charge in [0, 0.05) is 25.1 Å². The molecule has 0 spiro atoms. The minimum absolute atomic E-state index is 0.0312. The molecule has 2 amide bonds. The van der Waals surface area contributed by atoms with Gasteiger partial charge in [0.2, 0.25) is 11.8 Å². The van der Waals surface area contributed by atoms with Crippen LogP contribution in [-0.2, 0) is 9.59 Å². The number of hydrogen-bond donors (Lipinski definition) is 4. The molecule has 0 fully saturated rings. The number of nitrogens with two attached hydrogens (primary N) is 2. The summed E-state index contributed by atoms with van der Waals surface area (Å²) in [6, 6.07) is 5.20. The van der Waals surface area contributed by atoms with Crippen molar-refractivity contribution in [3.8, 4) is 0 Å². The summed E-state index contributed by atoms with van der Waals surface area (Å²) < 4.78 is 0. The van der Waals surface area contributed by atoms with Crippen LogP contribution in [0.2, 0.25) is 0 Å². The Morgan fingerprint density at radius 3 is 2.58 bits per heavy atom. The lowest BCUT2D eigenvalue weighted by atomic mass is 10.2. The number of hydrogen-bond acceptors (Lipinski definition) is 4. The molecule has 104 valence electrons. The molecule has 19 heavy (non-hydrogen) atoms. The zero-order chi connectivity index (χ0) is 14.3. The highest BCUT2D eigenvalue weighted by atomic mass is 16.1. The summed E-state index contributed by atoms with van der Waals surface area (Å²) in [7, 11) is 0. The number of benzene rings is 1. The van der Waals surface area contributed by atoms with Gasteiger partial charge in [0.15, 0.2) is 0 Å². The molecule has 1 aromatic carbocycles. The first-order valence-corrected chi connectivity index (χ1v) is 6.24. The summed E-state index contributed by atoms with van der Waals surface area (Å²) >= 11 is 0. The van der Waals surface area contributed by atoms with Crippen LogP contribution in [-0.4, -0.2) is 18.4 Å². The van der Waals surface area contributed by atoms with Crippen molar-refractivity contribution in [3.63, 3.8) is 0 Å². The first-order chi connectivity index (χ1) is 9.02. The number of carbonyl (C=O) groups is 2. The normalized spacial score (nSPS) is 9.95. The van der Waals surface area contributed by atoms with Crippen molar-refractivity contribution >= 4 is 28.9 Å². The fraction of sp³-hybridized carbons (Fsp3) is 0.385. The molecule has 6 heteroatoms. The second-order valence-corrected chi connectivity index (χ2v) is 4.24. The van der Waals surface area contributed by atoms with Gasteiger partial charge in [0.25, 0.3) is 0 Å². The van der Waals surface area contributed by atoms with Crippen molar-refractivity contribution in [2.24, 2.45) is 5.73 Å². The highest BCUT2D eigenvalue weighted by Crippen LogP contribution is 2.22. The molecule has 0 saturated carbocycles. The maximum atomic E-state index is 11.4. The Balaban J connectivity index is 2.58. The smallest absolute Gasteiger partial charge is 0.224 e. The number of carbonyl (C=O) groups excluding carboxylic acids is 2. The number of primary amides is 1. The van der Waals surface area contributed by atoms with Crippen LogP contribution in [0.5, 0.6) is 0 Å². The van der Waals surface area contributed by atoms with Crippen molar-refractivity contribution in [1.82, 2.24) is 0 Å². The average molecular weight is 264 g/mol. The van der Waals surface area contributed by atoms with Crippen LogP contribution in [0.15, 0.2) is 18.2 Å². The van der Waals surface area contributed by atoms with E-state index in [1.54, 1.807) is 18.2 Å². The van der Waals surface area contributed by atoms with E-state index in [0.717, 1.165) is 12.1 Å². The van der Waals surface area contributed by atoms with Gasteiger partial charge in [0.1, 0.15) is 0 Å². The topological polar surface area (TPSA) is 110 Å². The summed E-state index contributed by atoms with van der Waals surface area (Å²) in [4.78, 5) is 22.1. The summed E-state index contributed by atoms with van der Waals surface area (Å²) in [5.41, 5.74) is 12.8. The second kappa shape index (κ2) is 7.25. The lowest BCUT2D eigenvalue weighted by Gasteiger charge is -2.11. The molecular formula is C13H20N4O2. The fourth-order valence-electron chi connectivity index (χ4n) is 1.57. The van der Waals surface area contributed by atoms with E-state index in [1.165, 1.54) is 0 Å². The number of anilines is 3. The molecule has 0 aromatic heterocycles. The molecule has 0 radical (unpaired) electrons. The van der Waals surface area contributed by atoms with Crippen molar-refractivity contribution in [2.45, 2.75) is 26.2 Å². The van der Waals surface area contributed by atoms with E-state index in [2.05, 4.69) is 10.6 Å². The molecule has 1 aromatic rings. The van der Waals surface area contributed by atoms with Crippen molar-refractivity contribution in [2.75, 3.05) is 22.9 Å². The average Bonchev–Trinajstić information content (AvgIpc) is 2.31. The highest BCUT2D eigenvalue weighted by molar-refractivity contribution is 5.91. The SMILES string of the molecule is CCCC(=O)Nc1ccc(NCCC(N)=O)c(N)c1. The summed E-state index contributed by atoms with van der Waals surface area (Å²) in [6.07, 6.45) is 1.53. The molecule has 6 nitrogen and oxygen atoms in total. The summed E-state index contributed by atoms with van der Waals surface area (Å²) in [5, 5.41) is 5.78. The quantitative estimate of drug-likeness (QED) is 0.556. The van der Waals surface area contributed by atoms with E-state index in [0.29, 0.717) is 24.3 Å². The Bertz CT molecular complexity index is 460. The molecule has 0 aliphatic heterocycles. The standard InChI is InChI=1S/C13H20N4O2/c1-2-3-13(19)17-9-4-5-11(10(14)8-9)16-7-6-12(15)18/h4-5,8,16H,2-3,6-7,14H2,1H3,(H2,15,18)(H,17,19). The van der Waals surface area contributed by atoms with Crippen LogP contribution < -0.4 is 22.1 Å². The van der Waals surface area contributed by atoms with E-state index in [1.807, 2.05) is 6.92 Å². The van der Waals surface area contributed by atoms with Gasteiger partial charge in [0.05, 0.1) is 11.4 Å². The molecule has 0 aliphatic rings. The van der Waals surface area contributed by atoms with Crippen molar-refractivity contribution in [3.05, 3.63) is 18.2 Å². The molecule has 0 unspecified atom stereocenters. The zero-order valence-corrected chi connectivity index (χ0v) is 11.0. The first-order valence-electron chi connectivity index (χ1n) is 6.24. The number of rotatable bonds is 7. The molecule has 0 heterocycles. The van der Waals surface area contributed by atoms with Gasteiger partial charge in [-0.05, 0) is 24.6 Å². The highest BCUT2D eigenvalue weighted by Gasteiger charge is 2.04. The predicted molar refractivity (Wildman–Crippen MR) is 76.7 cm³/mol. The zero-order valence-electron chi connectivity index (χ0n) is 11.0. The van der Waals surface area contributed by atoms with E-state index < -0.39 is 0 Å². The third-order valence-corrected chi connectivity index (χ3v) is 2.50. The maximum absolute atomic E-state index is 11.4. The largest absolute Gasteiger partial charge is 0.397 e. The van der Waals surface area contributed by atoms with Gasteiger partial charge < -0.3 is 22.1 Å². The molecule has 6 N–H and O–H groups in total.